The molecule has 3 aliphatic rings. The molecule has 110 valence electrons. The number of hydrogen-bond donors (Lipinski definition) is 0. The normalized spacial score (nSPS) is 48.2. The molecule has 2 aliphatic carbocycles. The molecule has 0 aromatic rings. The monoisotopic (exact) mass is 282 g/mol. The number of rotatable bonds is 0. The number of hydrogen-bond acceptors (Lipinski definition) is 2. The second kappa shape index (κ2) is 3.85. The molecule has 3 fully saturated rings. The Balaban J connectivity index is 1.88. The van der Waals surface area contributed by atoms with E-state index in [0.29, 0.717) is 19.3 Å². The summed E-state index contributed by atoms with van der Waals surface area (Å²) in [6, 6.07) is 0. The van der Waals surface area contributed by atoms with Crippen molar-refractivity contribution in [1.82, 2.24) is 0 Å². The van der Waals surface area contributed by atoms with Gasteiger partial charge in [0.2, 0.25) is 0 Å². The second-order valence-electron chi connectivity index (χ2n) is 6.61. The van der Waals surface area contributed by atoms with Crippen LogP contribution >= 0.6 is 0 Å². The van der Waals surface area contributed by atoms with Crippen LogP contribution in [0.4, 0.5) is 17.6 Å². The minimum Gasteiger partial charge on any atom is -0.369 e. The summed E-state index contributed by atoms with van der Waals surface area (Å²) in [6.07, 6.45) is 3.24. The first-order valence-electron chi connectivity index (χ1n) is 6.69. The van der Waals surface area contributed by atoms with Gasteiger partial charge in [-0.25, -0.2) is 0 Å². The van der Waals surface area contributed by atoms with Crippen LogP contribution in [-0.4, -0.2) is 36.8 Å². The van der Waals surface area contributed by atoms with E-state index in [1.54, 1.807) is 0 Å². The van der Waals surface area contributed by atoms with E-state index in [1.807, 2.05) is 0 Å². The Hall–Kier alpha value is -0.360. The van der Waals surface area contributed by atoms with Crippen LogP contribution in [0, 0.1) is 5.41 Å². The van der Waals surface area contributed by atoms with Gasteiger partial charge in [0.1, 0.15) is 13.2 Å². The first-order chi connectivity index (χ1) is 8.68. The highest BCUT2D eigenvalue weighted by Gasteiger charge is 2.64. The number of halogens is 4. The molecule has 0 radical (unpaired) electrons. The molecule has 1 aliphatic heterocycles. The topological polar surface area (TPSA) is 18.5 Å². The quantitative estimate of drug-likeness (QED) is 0.634. The summed E-state index contributed by atoms with van der Waals surface area (Å²) in [5.41, 5.74) is -0.815. The molecule has 2 saturated carbocycles. The van der Waals surface area contributed by atoms with Gasteiger partial charge in [0.25, 0.3) is 0 Å². The van der Waals surface area contributed by atoms with Gasteiger partial charge in [0.05, 0.1) is 11.7 Å². The van der Waals surface area contributed by atoms with Crippen molar-refractivity contribution in [2.75, 3.05) is 13.2 Å². The van der Waals surface area contributed by atoms with Crippen molar-refractivity contribution in [3.8, 4) is 0 Å². The Kier molecular flexibility index (Phi) is 2.76. The summed E-state index contributed by atoms with van der Waals surface area (Å²) in [6.45, 7) is -0.371. The largest absolute Gasteiger partial charge is 0.369 e. The Bertz CT molecular complexity index is 387. The fourth-order valence-corrected chi connectivity index (χ4v) is 3.87. The van der Waals surface area contributed by atoms with E-state index in [0.717, 1.165) is 12.8 Å². The highest BCUT2D eigenvalue weighted by molar-refractivity contribution is 5.09. The first-order valence-corrected chi connectivity index (χ1v) is 6.69. The molecule has 19 heavy (non-hydrogen) atoms. The van der Waals surface area contributed by atoms with E-state index < -0.39 is 36.8 Å². The van der Waals surface area contributed by atoms with Crippen LogP contribution in [0.15, 0.2) is 0 Å². The predicted octanol–water partition coefficient (Wildman–Crippen LogP) is 3.40. The maximum atomic E-state index is 13.4. The lowest BCUT2D eigenvalue weighted by Crippen LogP contribution is -2.56. The highest BCUT2D eigenvalue weighted by Crippen LogP contribution is 2.57. The molecule has 3 unspecified atom stereocenters. The Morgan fingerprint density at radius 3 is 2.42 bits per heavy atom. The van der Waals surface area contributed by atoms with Gasteiger partial charge in [0, 0.05) is 0 Å². The molecule has 6 heteroatoms. The SMILES string of the molecule is CC12CCCC3(C1)OCC(F)(F)C(F)(F)COC3C2. The average molecular weight is 282 g/mol. The molecular formula is C13H18F4O2. The molecule has 1 heterocycles. The lowest BCUT2D eigenvalue weighted by atomic mass is 9.75. The van der Waals surface area contributed by atoms with E-state index in [9.17, 15) is 17.6 Å². The maximum absolute atomic E-state index is 13.4. The number of ether oxygens (including phenoxy) is 2. The Morgan fingerprint density at radius 2 is 1.68 bits per heavy atom. The Morgan fingerprint density at radius 1 is 1.00 bits per heavy atom. The van der Waals surface area contributed by atoms with Crippen LogP contribution in [0.5, 0.6) is 0 Å². The van der Waals surface area contributed by atoms with Crippen molar-refractivity contribution in [1.29, 1.82) is 0 Å². The fourth-order valence-electron chi connectivity index (χ4n) is 3.87. The zero-order chi connectivity index (χ0) is 13.9. The van der Waals surface area contributed by atoms with Gasteiger partial charge in [-0.05, 0) is 37.5 Å². The molecule has 0 N–H and O–H groups in total. The van der Waals surface area contributed by atoms with Crippen LogP contribution in [0.25, 0.3) is 0 Å². The van der Waals surface area contributed by atoms with E-state index in [-0.39, 0.29) is 5.41 Å². The standard InChI is InChI=1S/C13H18F4O2/c1-10-3-2-4-11(6-10)9(5-10)18-7-12(14,15)13(16,17)8-19-11/h9H,2-8H2,1H3. The van der Waals surface area contributed by atoms with Gasteiger partial charge in [-0.15, -0.1) is 0 Å². The maximum Gasteiger partial charge on any atom is 0.335 e. The van der Waals surface area contributed by atoms with Crippen LogP contribution in [-0.2, 0) is 9.47 Å². The van der Waals surface area contributed by atoms with E-state index in [1.165, 1.54) is 0 Å². The lowest BCUT2D eigenvalue weighted by molar-refractivity contribution is -0.302. The lowest BCUT2D eigenvalue weighted by Gasteiger charge is -2.42. The minimum atomic E-state index is -4.16. The summed E-state index contributed by atoms with van der Waals surface area (Å²) in [4.78, 5) is 0. The summed E-state index contributed by atoms with van der Waals surface area (Å²) in [7, 11) is 0. The van der Waals surface area contributed by atoms with Crippen molar-refractivity contribution >= 4 is 0 Å². The van der Waals surface area contributed by atoms with Gasteiger partial charge < -0.3 is 9.47 Å². The van der Waals surface area contributed by atoms with Gasteiger partial charge in [0.15, 0.2) is 0 Å². The summed E-state index contributed by atoms with van der Waals surface area (Å²) >= 11 is 0. The van der Waals surface area contributed by atoms with E-state index >= 15 is 0 Å². The number of fused-ring (bicyclic) bond motifs is 1. The van der Waals surface area contributed by atoms with Crippen molar-refractivity contribution < 1.29 is 27.0 Å². The van der Waals surface area contributed by atoms with Crippen LogP contribution in [0.2, 0.25) is 0 Å². The highest BCUT2D eigenvalue weighted by atomic mass is 19.3. The van der Waals surface area contributed by atoms with Gasteiger partial charge in [-0.3, -0.25) is 0 Å². The molecule has 0 aromatic heterocycles. The first kappa shape index (κ1) is 13.6. The van der Waals surface area contributed by atoms with E-state index in [4.69, 9.17) is 9.47 Å². The van der Waals surface area contributed by atoms with Crippen molar-refractivity contribution in [3.63, 3.8) is 0 Å². The number of alkyl halides is 4. The molecular weight excluding hydrogens is 264 g/mol. The molecule has 3 atom stereocenters. The van der Waals surface area contributed by atoms with Crippen LogP contribution < -0.4 is 0 Å². The predicted molar refractivity (Wildman–Crippen MR) is 59.5 cm³/mol. The summed E-state index contributed by atoms with van der Waals surface area (Å²) in [5.74, 6) is -8.32. The Labute approximate surface area is 109 Å². The summed E-state index contributed by atoms with van der Waals surface area (Å²) in [5, 5.41) is 0. The van der Waals surface area contributed by atoms with Gasteiger partial charge >= 0.3 is 11.8 Å². The van der Waals surface area contributed by atoms with Crippen molar-refractivity contribution in [2.24, 2.45) is 5.41 Å². The minimum absolute atomic E-state index is 0.0299. The second-order valence-corrected chi connectivity index (χ2v) is 6.61. The zero-order valence-corrected chi connectivity index (χ0v) is 10.9. The third-order valence-electron chi connectivity index (χ3n) is 4.91. The smallest absolute Gasteiger partial charge is 0.335 e. The van der Waals surface area contributed by atoms with E-state index in [2.05, 4.69) is 6.92 Å². The zero-order valence-electron chi connectivity index (χ0n) is 10.9. The fraction of sp³-hybridized carbons (Fsp3) is 1.00. The van der Waals surface area contributed by atoms with Gasteiger partial charge in [-0.2, -0.15) is 17.6 Å². The van der Waals surface area contributed by atoms with Crippen LogP contribution in [0.1, 0.15) is 39.0 Å². The molecule has 2 bridgehead atoms. The third-order valence-corrected chi connectivity index (χ3v) is 4.91. The van der Waals surface area contributed by atoms with Gasteiger partial charge in [-0.1, -0.05) is 6.92 Å². The van der Waals surface area contributed by atoms with Crippen molar-refractivity contribution in [2.45, 2.75) is 62.6 Å². The molecule has 3 rings (SSSR count). The molecule has 0 aromatic carbocycles. The molecule has 1 saturated heterocycles. The molecule has 1 spiro atoms. The third kappa shape index (κ3) is 1.98. The van der Waals surface area contributed by atoms with Crippen LogP contribution in [0.3, 0.4) is 0 Å². The molecule has 2 nitrogen and oxygen atoms in total. The summed E-state index contributed by atoms with van der Waals surface area (Å²) < 4.78 is 64.1. The molecule has 0 amide bonds. The average Bonchev–Trinajstić information content (AvgIpc) is 2.50. The van der Waals surface area contributed by atoms with Crippen molar-refractivity contribution in [3.05, 3.63) is 0 Å².